The average molecular weight is 556 g/mol. The third-order valence-electron chi connectivity index (χ3n) is 6.90. The number of ether oxygens (including phenoxy) is 2. The molecule has 0 saturated carbocycles. The van der Waals surface area contributed by atoms with Crippen LogP contribution >= 0.6 is 11.3 Å². The average Bonchev–Trinajstić information content (AvgIpc) is 3.67. The van der Waals surface area contributed by atoms with Crippen LogP contribution in [0.5, 0.6) is 0 Å². The largest absolute Gasteiger partial charge is 0.385 e. The first-order valence-corrected chi connectivity index (χ1v) is 15.3. The molecule has 2 amide bonds. The van der Waals surface area contributed by atoms with E-state index < -0.39 is 22.1 Å². The molecular weight excluding hydrogens is 522 g/mol. The lowest BCUT2D eigenvalue weighted by Gasteiger charge is -2.15. The van der Waals surface area contributed by atoms with Crippen LogP contribution in [0.4, 0.5) is 10.5 Å². The number of rotatable bonds is 10. The molecule has 1 unspecified atom stereocenters. The number of amides is 2. The molecule has 4 N–H and O–H groups in total. The monoisotopic (exact) mass is 555 g/mol. The van der Waals surface area contributed by atoms with E-state index in [2.05, 4.69) is 15.7 Å². The number of urea groups is 1. The highest BCUT2D eigenvalue weighted by Gasteiger charge is 2.25. The van der Waals surface area contributed by atoms with Gasteiger partial charge in [0.05, 0.1) is 26.4 Å². The Morgan fingerprint density at radius 3 is 2.42 bits per heavy atom. The number of hydrogen-bond acceptors (Lipinski definition) is 6. The van der Waals surface area contributed by atoms with Crippen LogP contribution in [0.1, 0.15) is 51.6 Å². The summed E-state index contributed by atoms with van der Waals surface area (Å²) in [5, 5.41) is 19.4. The molecule has 0 saturated heterocycles. The lowest BCUT2D eigenvalue weighted by molar-refractivity contribution is 0.000590. The van der Waals surface area contributed by atoms with Crippen molar-refractivity contribution in [3.8, 4) is 0 Å². The summed E-state index contributed by atoms with van der Waals surface area (Å²) in [6.45, 7) is 1.29. The van der Waals surface area contributed by atoms with E-state index in [-0.39, 0.29) is 10.8 Å². The highest BCUT2D eigenvalue weighted by atomic mass is 32.2. The fraction of sp³-hybridized carbons (Fsp3) is 0.393. The summed E-state index contributed by atoms with van der Waals surface area (Å²) in [4.78, 5) is 13.4. The smallest absolute Gasteiger partial charge is 0.354 e. The van der Waals surface area contributed by atoms with E-state index in [9.17, 15) is 14.1 Å². The number of hydrogen-bond donors (Lipinski definition) is 3. The standard InChI is InChI=1S/C28H33N3O5S2/c29-38(34,31-28(33)30-27-22-10-4-8-20(22)16-21-9-5-11-23(21)27)26-13-12-25(37-26)24(32)18-36-15-14-35-17-19-6-2-1-3-7-19/h1-3,6-7,12-13,16,24,32H,4-5,8-11,14-15,17-18H2,(H3,29,30,31,33,34)/t24-,38?/m0/s1. The van der Waals surface area contributed by atoms with Crippen molar-refractivity contribution in [1.82, 2.24) is 0 Å². The van der Waals surface area contributed by atoms with E-state index in [0.29, 0.717) is 24.7 Å². The molecule has 38 heavy (non-hydrogen) atoms. The highest BCUT2D eigenvalue weighted by molar-refractivity contribution is 7.93. The summed E-state index contributed by atoms with van der Waals surface area (Å²) in [5.41, 5.74) is 6.84. The molecule has 0 aliphatic heterocycles. The first-order chi connectivity index (χ1) is 18.4. The quantitative estimate of drug-likeness (QED) is 0.306. The molecule has 202 valence electrons. The zero-order chi connectivity index (χ0) is 26.5. The van der Waals surface area contributed by atoms with Crippen molar-refractivity contribution in [2.45, 2.75) is 55.4 Å². The minimum atomic E-state index is -3.47. The molecule has 2 aliphatic carbocycles. The molecule has 5 rings (SSSR count). The van der Waals surface area contributed by atoms with Gasteiger partial charge >= 0.3 is 6.03 Å². The number of nitrogens with one attached hydrogen (secondary N) is 1. The van der Waals surface area contributed by atoms with E-state index in [4.69, 9.17) is 14.6 Å². The third-order valence-corrected chi connectivity index (χ3v) is 10.00. The summed E-state index contributed by atoms with van der Waals surface area (Å²) in [6, 6.07) is 14.6. The van der Waals surface area contributed by atoms with Crippen molar-refractivity contribution in [2.75, 3.05) is 25.1 Å². The number of carbonyl (C=O) groups excluding carboxylic acids is 1. The number of aryl methyl sites for hydroxylation is 2. The number of aliphatic hydroxyl groups excluding tert-OH is 1. The number of fused-ring (bicyclic) bond motifs is 2. The van der Waals surface area contributed by atoms with Crippen LogP contribution < -0.4 is 10.5 Å². The Hall–Kier alpha value is -2.60. The van der Waals surface area contributed by atoms with Gasteiger partial charge < -0.3 is 19.9 Å². The van der Waals surface area contributed by atoms with Crippen LogP contribution in [0, 0.1) is 0 Å². The van der Waals surface area contributed by atoms with Crippen molar-refractivity contribution in [2.24, 2.45) is 9.50 Å². The fourth-order valence-electron chi connectivity index (χ4n) is 5.09. The number of benzene rings is 2. The molecule has 0 spiro atoms. The van der Waals surface area contributed by atoms with Crippen molar-refractivity contribution in [3.63, 3.8) is 0 Å². The molecule has 2 aromatic carbocycles. The van der Waals surface area contributed by atoms with Gasteiger partial charge in [-0.05, 0) is 78.5 Å². The molecular formula is C28H33N3O5S2. The lowest BCUT2D eigenvalue weighted by Crippen LogP contribution is -2.18. The van der Waals surface area contributed by atoms with Crippen LogP contribution in [0.2, 0.25) is 0 Å². The predicted molar refractivity (Wildman–Crippen MR) is 149 cm³/mol. The Morgan fingerprint density at radius 1 is 1.03 bits per heavy atom. The maximum atomic E-state index is 13.2. The minimum Gasteiger partial charge on any atom is -0.385 e. The molecule has 8 nitrogen and oxygen atoms in total. The van der Waals surface area contributed by atoms with Gasteiger partial charge in [0.1, 0.15) is 10.3 Å². The molecule has 1 heterocycles. The van der Waals surface area contributed by atoms with Gasteiger partial charge in [0.25, 0.3) is 0 Å². The van der Waals surface area contributed by atoms with Crippen LogP contribution in [-0.4, -0.2) is 35.2 Å². The third kappa shape index (κ3) is 6.33. The van der Waals surface area contributed by atoms with E-state index in [1.54, 1.807) is 12.1 Å². The van der Waals surface area contributed by atoms with Gasteiger partial charge in [-0.2, -0.15) is 0 Å². The summed E-state index contributed by atoms with van der Waals surface area (Å²) in [7, 11) is -3.47. The van der Waals surface area contributed by atoms with Gasteiger partial charge in [0, 0.05) is 10.6 Å². The number of nitrogens with two attached hydrogens (primary N) is 1. The summed E-state index contributed by atoms with van der Waals surface area (Å²) >= 11 is 1.07. The van der Waals surface area contributed by atoms with Gasteiger partial charge in [-0.1, -0.05) is 36.4 Å². The van der Waals surface area contributed by atoms with Gasteiger partial charge in [-0.3, -0.25) is 0 Å². The Bertz CT molecular complexity index is 1380. The number of carbonyl (C=O) groups is 1. The van der Waals surface area contributed by atoms with Crippen molar-refractivity contribution < 1.29 is 23.6 Å². The second kappa shape index (κ2) is 12.1. The van der Waals surface area contributed by atoms with E-state index in [1.807, 2.05) is 30.3 Å². The normalized spacial score (nSPS) is 16.5. The van der Waals surface area contributed by atoms with Crippen LogP contribution in [0.25, 0.3) is 0 Å². The molecule has 0 radical (unpaired) electrons. The molecule has 0 fully saturated rings. The summed E-state index contributed by atoms with van der Waals surface area (Å²) in [5.74, 6) is 0. The van der Waals surface area contributed by atoms with Gasteiger partial charge in [0.15, 0.2) is 9.92 Å². The fourth-order valence-corrected chi connectivity index (χ4v) is 7.33. The van der Waals surface area contributed by atoms with Gasteiger partial charge in [0.2, 0.25) is 0 Å². The topological polar surface area (TPSA) is 123 Å². The lowest BCUT2D eigenvalue weighted by atomic mass is 9.99. The number of thiophene rings is 1. The van der Waals surface area contributed by atoms with E-state index in [1.165, 1.54) is 22.3 Å². The summed E-state index contributed by atoms with van der Waals surface area (Å²) < 4.78 is 28.4. The van der Waals surface area contributed by atoms with E-state index >= 15 is 0 Å². The molecule has 1 aromatic heterocycles. The molecule has 0 bridgehead atoms. The first-order valence-electron chi connectivity index (χ1n) is 12.9. The molecule has 10 heteroatoms. The van der Waals surface area contributed by atoms with Crippen LogP contribution in [0.15, 0.2) is 57.1 Å². The number of nitrogens with zero attached hydrogens (tertiary/aromatic N) is 1. The zero-order valence-electron chi connectivity index (χ0n) is 21.2. The second-order valence-corrected chi connectivity index (χ2v) is 12.7. The summed E-state index contributed by atoms with van der Waals surface area (Å²) in [6.07, 6.45) is 5.09. The zero-order valence-corrected chi connectivity index (χ0v) is 22.8. The Balaban J connectivity index is 1.16. The van der Waals surface area contributed by atoms with Crippen molar-refractivity contribution in [3.05, 3.63) is 81.2 Å². The van der Waals surface area contributed by atoms with Crippen molar-refractivity contribution >= 4 is 33.0 Å². The highest BCUT2D eigenvalue weighted by Crippen LogP contribution is 2.38. The second-order valence-electron chi connectivity index (χ2n) is 9.61. The Labute approximate surface area is 227 Å². The Morgan fingerprint density at radius 2 is 1.71 bits per heavy atom. The van der Waals surface area contributed by atoms with Crippen LogP contribution in [-0.2, 0) is 51.7 Å². The number of aliphatic hydroxyl groups is 1. The molecule has 2 aliphatic rings. The van der Waals surface area contributed by atoms with Gasteiger partial charge in [-0.25, -0.2) is 14.1 Å². The van der Waals surface area contributed by atoms with Gasteiger partial charge in [-0.15, -0.1) is 15.7 Å². The molecule has 3 aromatic rings. The predicted octanol–water partition coefficient (Wildman–Crippen LogP) is 4.93. The van der Waals surface area contributed by atoms with Crippen molar-refractivity contribution in [1.29, 1.82) is 0 Å². The maximum Gasteiger partial charge on any atom is 0.354 e. The van der Waals surface area contributed by atoms with Crippen LogP contribution in [0.3, 0.4) is 0 Å². The van der Waals surface area contributed by atoms with E-state index in [0.717, 1.165) is 61.1 Å². The SMILES string of the molecule is NS(=O)(=NC(=O)Nc1c2c(cc3c1CCC3)CCC2)c1ccc([C@@H](O)COCCOCc2ccccc2)s1. The Kier molecular flexibility index (Phi) is 8.57. The first kappa shape index (κ1) is 27.0. The maximum absolute atomic E-state index is 13.2. The minimum absolute atomic E-state index is 0.0578. The number of anilines is 1. The molecule has 2 atom stereocenters.